The zero-order valence-corrected chi connectivity index (χ0v) is 27.7. The number of likely N-dealkylation sites (tertiary alicyclic amines) is 1. The number of fused-ring (bicyclic) bond motifs is 1. The second kappa shape index (κ2) is 15.0. The maximum Gasteiger partial charge on any atom is 0.389 e. The summed E-state index contributed by atoms with van der Waals surface area (Å²) in [6.45, 7) is 11.2. The van der Waals surface area contributed by atoms with Gasteiger partial charge in [0.15, 0.2) is 11.2 Å². The van der Waals surface area contributed by atoms with Crippen LogP contribution in [0, 0.1) is 16.2 Å². The molecule has 2 aromatic carbocycles. The summed E-state index contributed by atoms with van der Waals surface area (Å²) >= 11 is 0. The summed E-state index contributed by atoms with van der Waals surface area (Å²) in [7, 11) is -4.04. The molecule has 0 saturated carbocycles. The number of carbonyl (C=O) groups excluding carboxylic acids is 2. The van der Waals surface area contributed by atoms with Crippen molar-refractivity contribution in [3.8, 4) is 0 Å². The van der Waals surface area contributed by atoms with Gasteiger partial charge in [-0.1, -0.05) is 77.1 Å². The molecule has 248 valence electrons. The molecule has 0 spiro atoms. The summed E-state index contributed by atoms with van der Waals surface area (Å²) < 4.78 is 37.7. The molecule has 4 N–H and O–H groups in total. The van der Waals surface area contributed by atoms with Gasteiger partial charge in [-0.15, -0.1) is 0 Å². The highest BCUT2D eigenvalue weighted by Gasteiger charge is 2.36. The fourth-order valence-corrected chi connectivity index (χ4v) is 6.96. The molecule has 1 fully saturated rings. The maximum atomic E-state index is 13.9. The van der Waals surface area contributed by atoms with E-state index in [0.717, 1.165) is 31.5 Å². The topological polar surface area (TPSA) is 148 Å². The zero-order chi connectivity index (χ0) is 32.8. The summed E-state index contributed by atoms with van der Waals surface area (Å²) in [4.78, 5) is 28.4. The lowest BCUT2D eigenvalue weighted by Gasteiger charge is -2.34. The number of rotatable bonds is 13. The van der Waals surface area contributed by atoms with Crippen molar-refractivity contribution < 1.29 is 32.3 Å². The minimum absolute atomic E-state index is 0.0483. The number of aliphatic hydroxyl groups excluding tert-OH is 1. The van der Waals surface area contributed by atoms with E-state index < -0.39 is 44.4 Å². The van der Waals surface area contributed by atoms with Crippen LogP contribution < -0.4 is 10.6 Å². The fourth-order valence-electron chi connectivity index (χ4n) is 5.50. The van der Waals surface area contributed by atoms with Crippen molar-refractivity contribution in [2.24, 2.45) is 11.3 Å². The monoisotopic (exact) mass is 644 g/mol. The normalized spacial score (nSPS) is 17.7. The van der Waals surface area contributed by atoms with E-state index >= 15 is 0 Å². The molecule has 45 heavy (non-hydrogen) atoms. The first-order valence-electron chi connectivity index (χ1n) is 15.6. The smallest absolute Gasteiger partial charge is 0.389 e. The van der Waals surface area contributed by atoms with Gasteiger partial charge in [-0.25, -0.2) is 8.51 Å². The van der Waals surface area contributed by atoms with Gasteiger partial charge in [0.05, 0.1) is 18.7 Å². The van der Waals surface area contributed by atoms with E-state index in [4.69, 9.17) is 8.83 Å². The Hall–Kier alpha value is -3.16. The predicted molar refractivity (Wildman–Crippen MR) is 174 cm³/mol. The van der Waals surface area contributed by atoms with E-state index in [0.29, 0.717) is 11.2 Å². The SMILES string of the molecule is CC(C)CN(C[C@@H](O)C(Cc1ccccc1)NC(=O)[C@@H](NC(=O)CN1CCCC1)C(C)(C)C)S(=O)(O)=c1oc2ccccc2o1. The molecule has 12 heteroatoms. The van der Waals surface area contributed by atoms with Crippen molar-refractivity contribution in [1.29, 1.82) is 0 Å². The van der Waals surface area contributed by atoms with Crippen LogP contribution in [0.15, 0.2) is 63.4 Å². The molecule has 0 bridgehead atoms. The van der Waals surface area contributed by atoms with Gasteiger partial charge in [0.1, 0.15) is 6.04 Å². The minimum atomic E-state index is -4.04. The maximum absolute atomic E-state index is 13.9. The van der Waals surface area contributed by atoms with Crippen molar-refractivity contribution >= 4 is 33.0 Å². The summed E-state index contributed by atoms with van der Waals surface area (Å²) in [5.41, 5.74) is 0.889. The number of nitrogens with zero attached hydrogens (tertiary/aromatic N) is 2. The van der Waals surface area contributed by atoms with Crippen molar-refractivity contribution in [2.45, 2.75) is 72.1 Å². The van der Waals surface area contributed by atoms with Crippen LogP contribution in [0.5, 0.6) is 0 Å². The molecule has 2 amide bonds. The van der Waals surface area contributed by atoms with Crippen LogP contribution in [0.1, 0.15) is 53.0 Å². The van der Waals surface area contributed by atoms with E-state index in [1.54, 1.807) is 24.3 Å². The summed E-state index contributed by atoms with van der Waals surface area (Å²) in [6, 6.07) is 14.4. The van der Waals surface area contributed by atoms with Crippen molar-refractivity contribution in [1.82, 2.24) is 19.8 Å². The van der Waals surface area contributed by atoms with Crippen molar-refractivity contribution in [2.75, 3.05) is 32.7 Å². The average Bonchev–Trinajstić information content (AvgIpc) is 3.65. The first-order valence-corrected chi connectivity index (χ1v) is 17.1. The zero-order valence-electron chi connectivity index (χ0n) is 26.9. The van der Waals surface area contributed by atoms with E-state index in [1.165, 1.54) is 4.31 Å². The third-order valence-electron chi connectivity index (χ3n) is 7.85. The van der Waals surface area contributed by atoms with Crippen LogP contribution in [-0.4, -0.2) is 85.8 Å². The molecular formula is C33H48N4O7S. The molecule has 1 saturated heterocycles. The quantitative estimate of drug-likeness (QED) is 0.205. The second-order valence-electron chi connectivity index (χ2n) is 13.4. The highest BCUT2D eigenvalue weighted by atomic mass is 32.2. The number of carbonyl (C=O) groups is 2. The average molecular weight is 645 g/mol. The summed E-state index contributed by atoms with van der Waals surface area (Å²) in [6.07, 6.45) is 1.08. The van der Waals surface area contributed by atoms with Gasteiger partial charge in [-0.05, 0) is 61.4 Å². The van der Waals surface area contributed by atoms with Gasteiger partial charge in [0.25, 0.3) is 0 Å². The second-order valence-corrected chi connectivity index (χ2v) is 15.2. The van der Waals surface area contributed by atoms with Crippen LogP contribution in [0.4, 0.5) is 0 Å². The number of aliphatic hydroxyl groups is 1. The highest BCUT2D eigenvalue weighted by Crippen LogP contribution is 2.22. The molecule has 0 aliphatic carbocycles. The molecule has 1 aliphatic heterocycles. The Bertz CT molecular complexity index is 1550. The number of para-hydroxylation sites is 2. The third kappa shape index (κ3) is 9.43. The van der Waals surface area contributed by atoms with Gasteiger partial charge >= 0.3 is 4.90 Å². The number of benzene rings is 2. The van der Waals surface area contributed by atoms with Crippen LogP contribution in [-0.2, 0) is 26.0 Å². The molecule has 0 radical (unpaired) electrons. The molecule has 2 heterocycles. The van der Waals surface area contributed by atoms with Crippen molar-refractivity contribution in [3.05, 3.63) is 65.1 Å². The van der Waals surface area contributed by atoms with E-state index in [1.807, 2.05) is 65.0 Å². The van der Waals surface area contributed by atoms with Gasteiger partial charge < -0.3 is 24.6 Å². The Balaban J connectivity index is 1.61. The lowest BCUT2D eigenvalue weighted by Crippen LogP contribution is -2.59. The molecule has 1 aliphatic rings. The van der Waals surface area contributed by atoms with Crippen LogP contribution >= 0.6 is 0 Å². The predicted octanol–water partition coefficient (Wildman–Crippen LogP) is 3.90. The van der Waals surface area contributed by atoms with Gasteiger partial charge in [-0.3, -0.25) is 19.0 Å². The van der Waals surface area contributed by atoms with Crippen LogP contribution in [0.3, 0.4) is 0 Å². The Morgan fingerprint density at radius 1 is 0.956 bits per heavy atom. The molecule has 4 atom stereocenters. The third-order valence-corrected chi connectivity index (χ3v) is 9.45. The lowest BCUT2D eigenvalue weighted by atomic mass is 9.85. The molecular weight excluding hydrogens is 596 g/mol. The van der Waals surface area contributed by atoms with Gasteiger partial charge in [0, 0.05) is 13.1 Å². The van der Waals surface area contributed by atoms with Crippen LogP contribution in [0.25, 0.3) is 11.2 Å². The number of hydrogen-bond donors (Lipinski definition) is 4. The number of hydrogen-bond acceptors (Lipinski definition) is 7. The Kier molecular flexibility index (Phi) is 11.5. The molecule has 11 nitrogen and oxygen atoms in total. The van der Waals surface area contributed by atoms with E-state index in [2.05, 4.69) is 15.5 Å². The molecule has 3 aromatic rings. The number of amides is 2. The Labute approximate surface area is 265 Å². The first kappa shape index (κ1) is 34.7. The fraction of sp³-hybridized carbons (Fsp3) is 0.545. The standard InChI is InChI=1S/C33H48N4O7S/c1-23(2)20-37(45(41,42)32-43-27-15-9-10-16-28(27)44-32)21-26(38)25(19-24-13-7-6-8-14-24)34-31(40)30(33(3,4)5)35-29(39)22-36-17-11-12-18-36/h6-10,13-16,23,25-26,30,38H,11-12,17-22H2,1-5H3,(H,34,40)(H,35,39)(H,41,42)/t25?,26-,30-/m1/s1. The summed E-state index contributed by atoms with van der Waals surface area (Å²) in [5, 5.41) is 17.6. The van der Waals surface area contributed by atoms with Crippen LogP contribution in [0.2, 0.25) is 0 Å². The van der Waals surface area contributed by atoms with E-state index in [9.17, 15) is 23.5 Å². The Morgan fingerprint density at radius 2 is 1.53 bits per heavy atom. The number of nitrogens with one attached hydrogen (secondary N) is 2. The summed E-state index contributed by atoms with van der Waals surface area (Å²) in [5.74, 6) is -0.720. The lowest BCUT2D eigenvalue weighted by molar-refractivity contribution is -0.133. The minimum Gasteiger partial charge on any atom is -0.413 e. The largest absolute Gasteiger partial charge is 0.413 e. The van der Waals surface area contributed by atoms with Gasteiger partial charge in [-0.2, -0.15) is 0 Å². The van der Waals surface area contributed by atoms with Gasteiger partial charge in [0.2, 0.25) is 21.8 Å². The molecule has 4 rings (SSSR count). The molecule has 1 aromatic heterocycles. The van der Waals surface area contributed by atoms with E-state index in [-0.39, 0.29) is 37.9 Å². The molecule has 2 unspecified atom stereocenters. The first-order chi connectivity index (χ1) is 21.2. The highest BCUT2D eigenvalue weighted by molar-refractivity contribution is 7.87. The Morgan fingerprint density at radius 3 is 2.09 bits per heavy atom. The van der Waals surface area contributed by atoms with Crippen molar-refractivity contribution in [3.63, 3.8) is 0 Å².